The molecule has 1 aliphatic heterocycles. The van der Waals surface area contributed by atoms with Crippen LogP contribution in [0.3, 0.4) is 0 Å². The van der Waals surface area contributed by atoms with E-state index in [1.165, 1.54) is 58.4 Å². The number of phenols is 2. The van der Waals surface area contributed by atoms with E-state index in [9.17, 15) is 24.6 Å². The number of ether oxygens (including phenoxy) is 6. The van der Waals surface area contributed by atoms with E-state index in [4.69, 9.17) is 32.8 Å². The van der Waals surface area contributed by atoms with Gasteiger partial charge in [0.15, 0.2) is 16.9 Å². The first kappa shape index (κ1) is 27.6. The molecular weight excluding hydrogens is 516 g/mol. The quantitative estimate of drug-likeness (QED) is 0.419. The minimum atomic E-state index is -1.20. The van der Waals surface area contributed by atoms with Gasteiger partial charge in [-0.05, 0) is 12.1 Å². The molecular formula is C27H28O12. The molecule has 12 nitrogen and oxygen atoms in total. The highest BCUT2D eigenvalue weighted by atomic mass is 16.7. The highest BCUT2D eigenvalue weighted by molar-refractivity contribution is 5.86. The fourth-order valence-electron chi connectivity index (χ4n) is 4.33. The van der Waals surface area contributed by atoms with Crippen molar-refractivity contribution in [2.75, 3.05) is 20.8 Å². The number of methoxy groups -OCH3 is 2. The van der Waals surface area contributed by atoms with Gasteiger partial charge in [-0.3, -0.25) is 14.4 Å². The van der Waals surface area contributed by atoms with Crippen LogP contribution in [0.25, 0.3) is 22.3 Å². The molecule has 0 spiro atoms. The monoisotopic (exact) mass is 544 g/mol. The molecule has 0 radical (unpaired) electrons. The lowest BCUT2D eigenvalue weighted by Crippen LogP contribution is -2.55. The molecule has 1 saturated heterocycles. The van der Waals surface area contributed by atoms with Crippen molar-refractivity contribution in [2.45, 2.75) is 39.3 Å². The average Bonchev–Trinajstić information content (AvgIpc) is 2.87. The number of phenolic OH excluding ortho intramolecular Hbond substituents is 2. The van der Waals surface area contributed by atoms with E-state index in [0.29, 0.717) is 5.56 Å². The molecule has 3 aromatic rings. The molecule has 1 fully saturated rings. The molecule has 0 saturated carbocycles. The Kier molecular flexibility index (Phi) is 7.86. The Morgan fingerprint density at radius 2 is 1.54 bits per heavy atom. The zero-order chi connectivity index (χ0) is 28.4. The molecule has 0 unspecified atom stereocenters. The van der Waals surface area contributed by atoms with Crippen LogP contribution in [0.15, 0.2) is 39.5 Å². The molecule has 0 amide bonds. The van der Waals surface area contributed by atoms with Gasteiger partial charge in [0.25, 0.3) is 0 Å². The van der Waals surface area contributed by atoms with Crippen LogP contribution in [0.5, 0.6) is 28.7 Å². The van der Waals surface area contributed by atoms with E-state index in [2.05, 4.69) is 0 Å². The maximum atomic E-state index is 12.9. The van der Waals surface area contributed by atoms with E-state index in [0.717, 1.165) is 0 Å². The summed E-state index contributed by atoms with van der Waals surface area (Å²) in [6.07, 6.45) is -3.15. The first-order chi connectivity index (χ1) is 18.5. The molecule has 12 heteroatoms. The molecule has 1 aromatic heterocycles. The number of aromatic hydroxyl groups is 2. The van der Waals surface area contributed by atoms with Crippen molar-refractivity contribution in [1.29, 1.82) is 0 Å². The van der Waals surface area contributed by atoms with Crippen LogP contribution in [0.2, 0.25) is 0 Å². The lowest BCUT2D eigenvalue weighted by atomic mass is 9.97. The third-order valence-electron chi connectivity index (χ3n) is 6.08. The smallest absolute Gasteiger partial charge is 0.303 e. The van der Waals surface area contributed by atoms with Crippen LogP contribution < -0.4 is 19.6 Å². The minimum absolute atomic E-state index is 0.0248. The largest absolute Gasteiger partial charge is 0.507 e. The van der Waals surface area contributed by atoms with Gasteiger partial charge < -0.3 is 43.1 Å². The highest BCUT2D eigenvalue weighted by Crippen LogP contribution is 2.41. The number of esters is 2. The van der Waals surface area contributed by atoms with Gasteiger partial charge in [-0.2, -0.15) is 0 Å². The Labute approximate surface area is 222 Å². The second kappa shape index (κ2) is 11.1. The highest BCUT2D eigenvalue weighted by Gasteiger charge is 2.44. The van der Waals surface area contributed by atoms with E-state index < -0.39 is 41.6 Å². The molecule has 2 N–H and O–H groups in total. The Balaban J connectivity index is 1.75. The molecule has 2 heterocycles. The lowest BCUT2D eigenvalue weighted by molar-refractivity contribution is -0.243. The molecule has 0 aliphatic carbocycles. The van der Waals surface area contributed by atoms with Gasteiger partial charge in [0, 0.05) is 43.5 Å². The van der Waals surface area contributed by atoms with Gasteiger partial charge in [-0.15, -0.1) is 0 Å². The predicted octanol–water partition coefficient (Wildman–Crippen LogP) is 3.12. The summed E-state index contributed by atoms with van der Waals surface area (Å²) in [5.74, 6) is -1.85. The molecule has 4 rings (SSSR count). The number of carbonyl (C=O) groups excluding carboxylic acids is 2. The summed E-state index contributed by atoms with van der Waals surface area (Å²) in [5, 5.41) is 20.8. The first-order valence-electron chi connectivity index (χ1n) is 11.9. The van der Waals surface area contributed by atoms with Crippen LogP contribution in [0, 0.1) is 5.92 Å². The van der Waals surface area contributed by atoms with Crippen molar-refractivity contribution < 1.29 is 52.6 Å². The molecule has 1 aliphatic rings. The number of carbonyl (C=O) groups is 2. The summed E-state index contributed by atoms with van der Waals surface area (Å²) < 4.78 is 38.7. The van der Waals surface area contributed by atoms with Gasteiger partial charge in [-0.1, -0.05) is 6.92 Å². The van der Waals surface area contributed by atoms with Crippen molar-refractivity contribution >= 4 is 22.9 Å². The number of hydrogen-bond acceptors (Lipinski definition) is 12. The fourth-order valence-corrected chi connectivity index (χ4v) is 4.33. The second-order valence-corrected chi connectivity index (χ2v) is 8.96. The number of rotatable bonds is 7. The summed E-state index contributed by atoms with van der Waals surface area (Å²) in [4.78, 5) is 36.4. The van der Waals surface area contributed by atoms with E-state index in [1.54, 1.807) is 6.92 Å². The topological polar surface area (TPSA) is 160 Å². The number of benzene rings is 2. The Hall–Kier alpha value is -4.45. The Morgan fingerprint density at radius 3 is 2.13 bits per heavy atom. The van der Waals surface area contributed by atoms with Crippen LogP contribution in [-0.4, -0.2) is 61.5 Å². The standard InChI is InChI=1S/C27H28O12/c1-12-11-35-27(26(37-14(3)29)25(12)36-13(2)28)38-16-8-17(30)23-18(31)10-19(39-20(23)9-16)15-6-21(33-4)24(32)22(7-15)34-5/h6-10,12,25-27,30,32H,11H2,1-5H3/t12-,25+,26-,27+/m1/s1. The van der Waals surface area contributed by atoms with Crippen molar-refractivity contribution in [1.82, 2.24) is 0 Å². The molecule has 0 bridgehead atoms. The summed E-state index contributed by atoms with van der Waals surface area (Å²) in [6, 6.07) is 6.65. The maximum Gasteiger partial charge on any atom is 0.303 e. The van der Waals surface area contributed by atoms with Crippen LogP contribution >= 0.6 is 0 Å². The third-order valence-corrected chi connectivity index (χ3v) is 6.08. The van der Waals surface area contributed by atoms with Crippen molar-refractivity contribution in [2.24, 2.45) is 5.92 Å². The van der Waals surface area contributed by atoms with Gasteiger partial charge in [-0.25, -0.2) is 0 Å². The molecule has 39 heavy (non-hydrogen) atoms. The van der Waals surface area contributed by atoms with Crippen LogP contribution in [-0.2, 0) is 23.8 Å². The Morgan fingerprint density at radius 1 is 0.923 bits per heavy atom. The number of fused-ring (bicyclic) bond motifs is 1. The van der Waals surface area contributed by atoms with E-state index in [-0.39, 0.29) is 52.3 Å². The minimum Gasteiger partial charge on any atom is -0.507 e. The van der Waals surface area contributed by atoms with Gasteiger partial charge in [0.2, 0.25) is 18.1 Å². The van der Waals surface area contributed by atoms with E-state index in [1.807, 2.05) is 0 Å². The summed E-state index contributed by atoms with van der Waals surface area (Å²) in [6.45, 7) is 4.34. The average molecular weight is 545 g/mol. The summed E-state index contributed by atoms with van der Waals surface area (Å²) in [5.41, 5.74) is -0.213. The summed E-state index contributed by atoms with van der Waals surface area (Å²) in [7, 11) is 2.72. The van der Waals surface area contributed by atoms with Crippen molar-refractivity contribution in [3.8, 4) is 40.1 Å². The van der Waals surface area contributed by atoms with Crippen LogP contribution in [0.4, 0.5) is 0 Å². The normalized spacial score (nSPS) is 20.7. The van der Waals surface area contributed by atoms with E-state index >= 15 is 0 Å². The van der Waals surface area contributed by atoms with Crippen molar-refractivity contribution in [3.05, 3.63) is 40.6 Å². The molecule has 208 valence electrons. The molecule has 4 atom stereocenters. The van der Waals surface area contributed by atoms with Crippen molar-refractivity contribution in [3.63, 3.8) is 0 Å². The second-order valence-electron chi connectivity index (χ2n) is 8.96. The SMILES string of the molecule is COc1cc(-c2cc(=O)c3c(O)cc(O[C@@H]4OC[C@@H](C)[C@H](OC(C)=O)[C@H]4OC(C)=O)cc3o2)cc(OC)c1O. The van der Waals surface area contributed by atoms with Crippen LogP contribution in [0.1, 0.15) is 20.8 Å². The third kappa shape index (κ3) is 5.70. The fraction of sp³-hybridized carbons (Fsp3) is 0.370. The zero-order valence-corrected chi connectivity index (χ0v) is 21.9. The van der Waals surface area contributed by atoms with Gasteiger partial charge in [0.1, 0.15) is 34.3 Å². The van der Waals surface area contributed by atoms with Gasteiger partial charge in [0.05, 0.1) is 20.8 Å². The summed E-state index contributed by atoms with van der Waals surface area (Å²) >= 11 is 0. The zero-order valence-electron chi connectivity index (χ0n) is 21.9. The first-order valence-corrected chi connectivity index (χ1v) is 11.9. The predicted molar refractivity (Wildman–Crippen MR) is 135 cm³/mol. The number of hydrogen-bond donors (Lipinski definition) is 2. The lowest BCUT2D eigenvalue weighted by Gasteiger charge is -2.39. The molecule has 2 aromatic carbocycles. The maximum absolute atomic E-state index is 12.9. The van der Waals surface area contributed by atoms with Gasteiger partial charge >= 0.3 is 11.9 Å². The Bertz CT molecular complexity index is 1430.